The van der Waals surface area contributed by atoms with Crippen molar-refractivity contribution >= 4 is 99.9 Å². The second kappa shape index (κ2) is 49.7. The Hall–Kier alpha value is -13.4. The number of hydrogen-bond acceptors (Lipinski definition) is 20. The molecule has 1 aliphatic carbocycles. The van der Waals surface area contributed by atoms with Gasteiger partial charge >= 0.3 is 24.0 Å². The van der Waals surface area contributed by atoms with Gasteiger partial charge in [0.25, 0.3) is 0 Å². The molecule has 39 heteroatoms. The maximum atomic E-state index is 14.9. The highest BCUT2D eigenvalue weighted by Gasteiger charge is 2.40. The van der Waals surface area contributed by atoms with Crippen LogP contribution in [0.2, 0.25) is 0 Å². The first-order valence-electron chi connectivity index (χ1n) is 43.7. The fraction of sp³-hybridized carbons (Fsp3) is 0.511. The quantitative estimate of drug-likeness (QED) is 0.0239. The molecule has 0 spiro atoms. The molecule has 0 bridgehead atoms. The smallest absolute Gasteiger partial charge is 0.407 e. The topological polar surface area (TPSA) is 598 Å². The standard InChI is InChI=1S/C90H124N20O19/c1-48(2)31-67(102-79(116)65(26-28-76(111)112)99-86(123)72(37-54-41-92-45-96-54)106-83(120)69(33-50(5)6)101-78(115)64(25-17-18-30-91)110-90(128)129-44-62-60-22-13-11-20-58(60)59-21-12-14-23-61(59)62)81(118)104-70(34-51(7)8)84(121)107-73(38-55-42-93-46-97-55)87(124)100-66(27-29-77(113)114)80(117)103-68(32-49(3)4)82(119)105-71(35-52(9)10)85(122)108-74(39-56-43-94-47-98-56)88(125)109-75(89(126)127)36-53-40-95-63-24-16-15-19-57(53)63/h11-16,19-24,40-43,45-52,62,64-75,95H,17-18,25-39,44,91H2,1-10H3,(H,92,96)(H,93,97)(H,94,98)(H,99,123)(H,100,124)(H,101,115)(H,102,116)(H,103,117)(H,104,118)(H,105,119)(H,106,120)(H,107,121)(H,108,122)(H,109,125)(H,110,128)(H,111,112)(H,113,114)(H,126,127)/t64-,65-,66-,67-,68-,69-,70-,71-,72-,73-,74-,75-/m0/s1. The van der Waals surface area contributed by atoms with Gasteiger partial charge in [-0.2, -0.15) is 0 Å². The molecule has 0 fully saturated rings. The number of ether oxygens (including phenoxy) is 1. The predicted molar refractivity (Wildman–Crippen MR) is 474 cm³/mol. The average Bonchev–Trinajstić information content (AvgIpc) is 1.61. The lowest BCUT2D eigenvalue weighted by atomic mass is 9.98. The van der Waals surface area contributed by atoms with Gasteiger partial charge < -0.3 is 110 Å². The molecule has 12 atom stereocenters. The van der Waals surface area contributed by atoms with Crippen LogP contribution in [0.3, 0.4) is 0 Å². The number of alkyl carbamates (subject to hydrolysis) is 1. The molecule has 12 amide bonds. The van der Waals surface area contributed by atoms with Gasteiger partial charge in [0.1, 0.15) is 79.1 Å². The second-order valence-corrected chi connectivity index (χ2v) is 34.7. The summed E-state index contributed by atoms with van der Waals surface area (Å²) in [7, 11) is 0. The number of fused-ring (bicyclic) bond motifs is 4. The first-order chi connectivity index (χ1) is 61.4. The summed E-state index contributed by atoms with van der Waals surface area (Å²) in [6.45, 7) is 17.7. The van der Waals surface area contributed by atoms with Gasteiger partial charge in [-0.05, 0) is 134 Å². The first-order valence-corrected chi connectivity index (χ1v) is 43.7. The predicted octanol–water partition coefficient (Wildman–Crippen LogP) is 4.02. The minimum atomic E-state index is -1.73. The number of nitrogens with zero attached hydrogens (tertiary/aromatic N) is 3. The van der Waals surface area contributed by atoms with E-state index in [1.54, 1.807) is 93.6 Å². The van der Waals surface area contributed by atoms with E-state index >= 15 is 0 Å². The highest BCUT2D eigenvalue weighted by Crippen LogP contribution is 2.44. The number of rotatable bonds is 54. The Morgan fingerprint density at radius 1 is 0.364 bits per heavy atom. The summed E-state index contributed by atoms with van der Waals surface area (Å²) in [4.78, 5) is 237. The first kappa shape index (κ1) is 101. The number of carbonyl (C=O) groups excluding carboxylic acids is 12. The number of H-pyrrole nitrogens is 4. The van der Waals surface area contributed by atoms with Crippen LogP contribution in [0.5, 0.6) is 0 Å². The summed E-state index contributed by atoms with van der Waals surface area (Å²) in [5.74, 6) is -16.3. The molecule has 0 radical (unpaired) electrons. The SMILES string of the molecule is CC(C)C[C@H](NC(=O)[C@H](CCCCN)NC(=O)OCC1c2ccccc2-c2ccccc21)C(=O)N[C@@H](Cc1c[nH]cn1)C(=O)N[C@@H](CCC(=O)O)C(=O)N[C@@H](CC(C)C)C(=O)N[C@@H](CC(C)C)C(=O)N[C@@H](Cc1c[nH]cn1)C(=O)N[C@@H](CCC(=O)O)C(=O)N[C@@H](CC(C)C)C(=O)N[C@@H](CC(C)C)C(=O)N[C@@H](Cc1c[nH]cn1)C(=O)N[C@@H](Cc1c[nH]c2ccccc12)C(=O)O. The summed E-state index contributed by atoms with van der Waals surface area (Å²) in [5.41, 5.74) is 11.9. The maximum Gasteiger partial charge on any atom is 0.407 e. The molecule has 3 aromatic carbocycles. The molecule has 0 aliphatic heterocycles. The van der Waals surface area contributed by atoms with Gasteiger partial charge in [0.2, 0.25) is 65.0 Å². The number of nitrogens with one attached hydrogen (secondary N) is 16. The van der Waals surface area contributed by atoms with E-state index in [1.807, 2.05) is 54.6 Å². The second-order valence-electron chi connectivity index (χ2n) is 34.7. The summed E-state index contributed by atoms with van der Waals surface area (Å²) in [6.07, 6.45) is 6.19. The van der Waals surface area contributed by atoms with Crippen LogP contribution in [0.4, 0.5) is 4.79 Å². The van der Waals surface area contributed by atoms with Crippen molar-refractivity contribution in [1.82, 2.24) is 98.7 Å². The van der Waals surface area contributed by atoms with Crippen molar-refractivity contribution in [2.75, 3.05) is 13.2 Å². The number of carboxylic acid groups (broad SMARTS) is 3. The van der Waals surface area contributed by atoms with E-state index in [1.165, 1.54) is 37.6 Å². The van der Waals surface area contributed by atoms with Gasteiger partial charge in [-0.1, -0.05) is 136 Å². The minimum absolute atomic E-state index is 0.0203. The number of nitrogens with two attached hydrogens (primary N) is 1. The Bertz CT molecular complexity index is 4890. The van der Waals surface area contributed by atoms with Crippen LogP contribution in [0.25, 0.3) is 22.0 Å². The molecule has 0 saturated heterocycles. The zero-order valence-corrected chi connectivity index (χ0v) is 74.4. The average molecular weight is 1790 g/mol. The third-order valence-electron chi connectivity index (χ3n) is 21.7. The third kappa shape index (κ3) is 31.9. The Morgan fingerprint density at radius 2 is 0.674 bits per heavy atom. The molecule has 0 saturated carbocycles. The molecule has 7 aromatic rings. The van der Waals surface area contributed by atoms with Gasteiger partial charge in [-0.15, -0.1) is 0 Å². The van der Waals surface area contributed by atoms with Gasteiger partial charge in [-0.25, -0.2) is 24.5 Å². The van der Waals surface area contributed by atoms with Crippen molar-refractivity contribution in [2.45, 2.75) is 250 Å². The number of amides is 12. The van der Waals surface area contributed by atoms with Crippen LogP contribution in [0, 0.1) is 29.6 Å². The molecule has 8 rings (SSSR count). The fourth-order valence-electron chi connectivity index (χ4n) is 15.3. The normalized spacial score (nSPS) is 14.6. The van der Waals surface area contributed by atoms with Crippen molar-refractivity contribution in [3.63, 3.8) is 0 Å². The van der Waals surface area contributed by atoms with Crippen molar-refractivity contribution in [3.8, 4) is 11.1 Å². The highest BCUT2D eigenvalue weighted by atomic mass is 16.5. The fourth-order valence-corrected chi connectivity index (χ4v) is 15.3. The van der Waals surface area contributed by atoms with Crippen LogP contribution in [0.15, 0.2) is 117 Å². The molecule has 0 unspecified atom stereocenters. The van der Waals surface area contributed by atoms with E-state index in [0.29, 0.717) is 24.1 Å². The number of aliphatic carboxylic acids is 3. The number of aromatic amines is 4. The zero-order valence-electron chi connectivity index (χ0n) is 74.4. The number of aromatic nitrogens is 7. The lowest BCUT2D eigenvalue weighted by Crippen LogP contribution is -2.61. The summed E-state index contributed by atoms with van der Waals surface area (Å²) in [5, 5.41) is 63.0. The van der Waals surface area contributed by atoms with Crippen molar-refractivity contribution < 1.29 is 92.0 Å². The monoisotopic (exact) mass is 1790 g/mol. The van der Waals surface area contributed by atoms with Crippen LogP contribution >= 0.6 is 0 Å². The van der Waals surface area contributed by atoms with Crippen LogP contribution in [-0.4, -0.2) is 225 Å². The Labute approximate surface area is 747 Å². The Balaban J connectivity index is 0.958. The zero-order chi connectivity index (χ0) is 94.1. The maximum absolute atomic E-state index is 14.9. The highest BCUT2D eigenvalue weighted by molar-refractivity contribution is 6.00. The summed E-state index contributed by atoms with van der Waals surface area (Å²) >= 11 is 0. The Morgan fingerprint density at radius 3 is 1.01 bits per heavy atom. The number of carboxylic acids is 3. The van der Waals surface area contributed by atoms with E-state index in [-0.39, 0.29) is 124 Å². The lowest BCUT2D eigenvalue weighted by Gasteiger charge is -2.29. The van der Waals surface area contributed by atoms with Crippen LogP contribution in [-0.2, 0) is 97.5 Å². The molecule has 39 nitrogen and oxygen atoms in total. The summed E-state index contributed by atoms with van der Waals surface area (Å²) < 4.78 is 5.81. The Kier molecular flexibility index (Phi) is 38.9. The molecule has 1 aliphatic rings. The van der Waals surface area contributed by atoms with Gasteiger partial charge in [0.15, 0.2) is 0 Å². The van der Waals surface area contributed by atoms with E-state index in [4.69, 9.17) is 10.5 Å². The number of carbonyl (C=O) groups is 15. The number of benzene rings is 3. The van der Waals surface area contributed by atoms with Crippen LogP contribution in [0.1, 0.15) is 186 Å². The molecular formula is C90H124N20O19. The molecule has 4 aromatic heterocycles. The molecular weight excluding hydrogens is 1670 g/mol. The van der Waals surface area contributed by atoms with Crippen molar-refractivity contribution in [3.05, 3.63) is 150 Å². The molecule has 21 N–H and O–H groups in total. The van der Waals surface area contributed by atoms with E-state index in [9.17, 15) is 87.2 Å². The van der Waals surface area contributed by atoms with Crippen molar-refractivity contribution in [1.29, 1.82) is 0 Å². The van der Waals surface area contributed by atoms with Gasteiger partial charge in [0, 0.05) is 80.1 Å². The summed E-state index contributed by atoms with van der Waals surface area (Å²) in [6, 6.07) is 4.78. The molecule has 129 heavy (non-hydrogen) atoms. The molecule has 4 heterocycles. The van der Waals surface area contributed by atoms with Gasteiger partial charge in [0.05, 0.1) is 36.1 Å². The molecule has 698 valence electrons. The van der Waals surface area contributed by atoms with Gasteiger partial charge in [-0.3, -0.25) is 62.3 Å². The van der Waals surface area contributed by atoms with Crippen LogP contribution < -0.4 is 69.5 Å². The number of unbranched alkanes of at least 4 members (excludes halogenated alkanes) is 1. The lowest BCUT2D eigenvalue weighted by molar-refractivity contribution is -0.142. The number of hydrogen-bond donors (Lipinski definition) is 20. The van der Waals surface area contributed by atoms with E-state index in [0.717, 1.165) is 33.2 Å². The van der Waals surface area contributed by atoms with E-state index < -0.39 is 187 Å². The number of imidazole rings is 3. The van der Waals surface area contributed by atoms with E-state index in [2.05, 4.69) is 98.7 Å². The number of para-hydroxylation sites is 1. The minimum Gasteiger partial charge on any atom is -0.481 e. The third-order valence-corrected chi connectivity index (χ3v) is 21.7. The van der Waals surface area contributed by atoms with Crippen molar-refractivity contribution in [2.24, 2.45) is 35.3 Å². The largest absolute Gasteiger partial charge is 0.481 e.